The molecule has 9 heteroatoms. The molecule has 0 radical (unpaired) electrons. The molecule has 144 valence electrons. The van der Waals surface area contributed by atoms with E-state index in [-0.39, 0.29) is 30.5 Å². The highest BCUT2D eigenvalue weighted by molar-refractivity contribution is 6.04. The number of anilines is 2. The Morgan fingerprint density at radius 1 is 1.19 bits per heavy atom. The van der Waals surface area contributed by atoms with E-state index in [9.17, 15) is 14.4 Å². The molecule has 2 heterocycles. The monoisotopic (exact) mass is 376 g/mol. The van der Waals surface area contributed by atoms with Crippen LogP contribution in [0.4, 0.5) is 11.4 Å². The minimum Gasteiger partial charge on any atom is -0.476 e. The van der Waals surface area contributed by atoms with E-state index in [2.05, 4.69) is 5.32 Å². The van der Waals surface area contributed by atoms with Crippen LogP contribution >= 0.6 is 0 Å². The summed E-state index contributed by atoms with van der Waals surface area (Å²) in [5, 5.41) is 2.78. The molecule has 9 nitrogen and oxygen atoms in total. The zero-order valence-corrected chi connectivity index (χ0v) is 15.5. The number of fused-ring (bicyclic) bond motifs is 1. The molecular formula is C18H20N2O7. The van der Waals surface area contributed by atoms with E-state index in [0.29, 0.717) is 17.1 Å². The molecule has 2 aliphatic rings. The van der Waals surface area contributed by atoms with Crippen LogP contribution in [0.3, 0.4) is 0 Å². The number of rotatable bonds is 3. The molecule has 0 atom stereocenters. The SMILES string of the molecule is COC(=O)C1=C(C(=O)OC)N(c2ccc3c(c2)NC(=O)C(C)(C)O3)COC1. The van der Waals surface area contributed by atoms with Crippen molar-refractivity contribution in [1.29, 1.82) is 0 Å². The topological polar surface area (TPSA) is 103 Å². The van der Waals surface area contributed by atoms with E-state index in [0.717, 1.165) is 0 Å². The number of ether oxygens (including phenoxy) is 4. The van der Waals surface area contributed by atoms with Crippen molar-refractivity contribution in [1.82, 2.24) is 0 Å². The second-order valence-corrected chi connectivity index (χ2v) is 6.46. The Kier molecular flexibility index (Phi) is 4.79. The number of methoxy groups -OCH3 is 2. The summed E-state index contributed by atoms with van der Waals surface area (Å²) in [5.74, 6) is -1.17. The Morgan fingerprint density at radius 3 is 2.56 bits per heavy atom. The lowest BCUT2D eigenvalue weighted by Crippen LogP contribution is -2.45. The molecule has 0 unspecified atom stereocenters. The molecule has 0 bridgehead atoms. The fraction of sp³-hybridized carbons (Fsp3) is 0.389. The van der Waals surface area contributed by atoms with Gasteiger partial charge in [0.25, 0.3) is 5.91 Å². The molecule has 2 aliphatic heterocycles. The first-order chi connectivity index (χ1) is 12.8. The largest absolute Gasteiger partial charge is 0.476 e. The number of carbonyl (C=O) groups is 3. The second-order valence-electron chi connectivity index (χ2n) is 6.46. The molecule has 0 saturated carbocycles. The van der Waals surface area contributed by atoms with Gasteiger partial charge < -0.3 is 29.2 Å². The number of hydrogen-bond acceptors (Lipinski definition) is 8. The third-order valence-corrected chi connectivity index (χ3v) is 4.27. The number of benzene rings is 1. The van der Waals surface area contributed by atoms with E-state index in [1.807, 2.05) is 0 Å². The van der Waals surface area contributed by atoms with E-state index in [1.165, 1.54) is 19.1 Å². The first-order valence-electron chi connectivity index (χ1n) is 8.18. The summed E-state index contributed by atoms with van der Waals surface area (Å²) in [6.45, 7) is 3.27. The van der Waals surface area contributed by atoms with Crippen molar-refractivity contribution in [2.24, 2.45) is 0 Å². The van der Waals surface area contributed by atoms with Crippen LogP contribution in [0.25, 0.3) is 0 Å². The van der Waals surface area contributed by atoms with Crippen molar-refractivity contribution in [3.05, 3.63) is 29.5 Å². The van der Waals surface area contributed by atoms with Crippen LogP contribution < -0.4 is 15.0 Å². The van der Waals surface area contributed by atoms with Gasteiger partial charge in [0.1, 0.15) is 18.2 Å². The molecule has 1 aromatic rings. The van der Waals surface area contributed by atoms with E-state index >= 15 is 0 Å². The number of carbonyl (C=O) groups excluding carboxylic acids is 3. The summed E-state index contributed by atoms with van der Waals surface area (Å²) >= 11 is 0. The summed E-state index contributed by atoms with van der Waals surface area (Å²) < 4.78 is 20.7. The van der Waals surface area contributed by atoms with Gasteiger partial charge in [0.05, 0.1) is 32.1 Å². The Labute approximate surface area is 155 Å². The molecule has 1 N–H and O–H groups in total. The van der Waals surface area contributed by atoms with E-state index in [4.69, 9.17) is 18.9 Å². The molecule has 27 heavy (non-hydrogen) atoms. The van der Waals surface area contributed by atoms with Gasteiger partial charge in [-0.25, -0.2) is 9.59 Å². The maximum absolute atomic E-state index is 12.3. The van der Waals surface area contributed by atoms with Gasteiger partial charge >= 0.3 is 11.9 Å². The highest BCUT2D eigenvalue weighted by Gasteiger charge is 2.37. The average Bonchev–Trinajstić information content (AvgIpc) is 2.66. The van der Waals surface area contributed by atoms with Crippen LogP contribution in [-0.4, -0.2) is 51.0 Å². The minimum absolute atomic E-state index is 0.0179. The highest BCUT2D eigenvalue weighted by Crippen LogP contribution is 2.38. The zero-order chi connectivity index (χ0) is 19.8. The standard InChI is InChI=1S/C18H20N2O7/c1-18(2)17(23)19-12-7-10(5-6-13(12)27-18)20-9-26-8-11(15(21)24-3)14(20)16(22)25-4/h5-7H,8-9H2,1-4H3,(H,19,23). The Morgan fingerprint density at radius 2 is 1.89 bits per heavy atom. The number of amides is 1. The predicted octanol–water partition coefficient (Wildman–Crippen LogP) is 1.19. The fourth-order valence-corrected chi connectivity index (χ4v) is 2.81. The van der Waals surface area contributed by atoms with Gasteiger partial charge in [0, 0.05) is 5.69 Å². The number of nitrogens with one attached hydrogen (secondary N) is 1. The van der Waals surface area contributed by atoms with Crippen LogP contribution in [0.1, 0.15) is 13.8 Å². The first kappa shape index (κ1) is 18.7. The summed E-state index contributed by atoms with van der Waals surface area (Å²) in [4.78, 5) is 38.0. The third kappa shape index (κ3) is 3.33. The van der Waals surface area contributed by atoms with Crippen LogP contribution in [0.2, 0.25) is 0 Å². The lowest BCUT2D eigenvalue weighted by atomic mass is 10.1. The maximum atomic E-state index is 12.3. The lowest BCUT2D eigenvalue weighted by molar-refractivity contribution is -0.140. The molecule has 1 amide bonds. The molecule has 0 spiro atoms. The maximum Gasteiger partial charge on any atom is 0.355 e. The molecule has 1 aromatic carbocycles. The highest BCUT2D eigenvalue weighted by atomic mass is 16.5. The van der Waals surface area contributed by atoms with Gasteiger partial charge in [-0.05, 0) is 32.0 Å². The summed E-state index contributed by atoms with van der Waals surface area (Å²) in [5.41, 5.74) is 0.0523. The fourth-order valence-electron chi connectivity index (χ4n) is 2.81. The minimum atomic E-state index is -0.988. The molecular weight excluding hydrogens is 356 g/mol. The number of esters is 2. The molecule has 0 fully saturated rings. The van der Waals surface area contributed by atoms with Gasteiger partial charge in [-0.2, -0.15) is 0 Å². The van der Waals surface area contributed by atoms with Crippen LogP contribution in [0, 0.1) is 0 Å². The van der Waals surface area contributed by atoms with Crippen molar-refractivity contribution < 1.29 is 33.3 Å². The van der Waals surface area contributed by atoms with Crippen molar-refractivity contribution >= 4 is 29.2 Å². The Bertz CT molecular complexity index is 844. The summed E-state index contributed by atoms with van der Waals surface area (Å²) in [6, 6.07) is 5.00. The number of nitrogens with zero attached hydrogens (tertiary/aromatic N) is 1. The van der Waals surface area contributed by atoms with Crippen LogP contribution in [0.15, 0.2) is 29.5 Å². The normalized spacial score (nSPS) is 18.2. The van der Waals surface area contributed by atoms with Gasteiger partial charge in [0.2, 0.25) is 0 Å². The quantitative estimate of drug-likeness (QED) is 0.785. The van der Waals surface area contributed by atoms with Crippen molar-refractivity contribution in [2.45, 2.75) is 19.4 Å². The van der Waals surface area contributed by atoms with Crippen LogP contribution in [0.5, 0.6) is 5.75 Å². The first-order valence-corrected chi connectivity index (χ1v) is 8.18. The van der Waals surface area contributed by atoms with Crippen molar-refractivity contribution in [3.8, 4) is 5.75 Å². The van der Waals surface area contributed by atoms with Gasteiger partial charge in [-0.1, -0.05) is 0 Å². The molecule has 0 aromatic heterocycles. The van der Waals surface area contributed by atoms with Crippen molar-refractivity contribution in [2.75, 3.05) is 37.8 Å². The smallest absolute Gasteiger partial charge is 0.355 e. The predicted molar refractivity (Wildman–Crippen MR) is 94.1 cm³/mol. The molecule has 3 rings (SSSR count). The third-order valence-electron chi connectivity index (χ3n) is 4.27. The summed E-state index contributed by atoms with van der Waals surface area (Å²) in [7, 11) is 2.44. The molecule has 0 aliphatic carbocycles. The molecule has 0 saturated heterocycles. The zero-order valence-electron chi connectivity index (χ0n) is 15.5. The van der Waals surface area contributed by atoms with Gasteiger partial charge in [-0.15, -0.1) is 0 Å². The van der Waals surface area contributed by atoms with Crippen LogP contribution in [-0.2, 0) is 28.6 Å². The average molecular weight is 376 g/mol. The Hall–Kier alpha value is -3.07. The lowest BCUT2D eigenvalue weighted by Gasteiger charge is -2.34. The van der Waals surface area contributed by atoms with E-state index < -0.39 is 17.5 Å². The van der Waals surface area contributed by atoms with Gasteiger partial charge in [0.15, 0.2) is 5.60 Å². The van der Waals surface area contributed by atoms with Gasteiger partial charge in [-0.3, -0.25) is 4.79 Å². The second kappa shape index (κ2) is 6.92. The summed E-state index contributed by atoms with van der Waals surface area (Å²) in [6.07, 6.45) is 0. The van der Waals surface area contributed by atoms with Crippen molar-refractivity contribution in [3.63, 3.8) is 0 Å². The number of hydrogen-bond donors (Lipinski definition) is 1. The Balaban J connectivity index is 2.05. The van der Waals surface area contributed by atoms with E-state index in [1.54, 1.807) is 32.0 Å².